The van der Waals surface area contributed by atoms with E-state index in [9.17, 15) is 9.18 Å². The Balaban J connectivity index is 1.52. The smallest absolute Gasteiger partial charge is 0.261 e. The summed E-state index contributed by atoms with van der Waals surface area (Å²) in [6.45, 7) is 7.21. The zero-order valence-corrected chi connectivity index (χ0v) is 17.5. The molecule has 5 N–H and O–H groups in total. The van der Waals surface area contributed by atoms with Gasteiger partial charge in [-0.05, 0) is 43.7 Å². The third kappa shape index (κ3) is 3.58. The number of hydrogen-bond acceptors (Lipinski definition) is 5. The molecule has 0 aliphatic carbocycles. The molecule has 0 amide bonds. The van der Waals surface area contributed by atoms with Gasteiger partial charge < -0.3 is 21.0 Å². The number of rotatable bonds is 3. The molecule has 0 bridgehead atoms. The molecule has 5 rings (SSSR count). The van der Waals surface area contributed by atoms with Crippen LogP contribution in [0.5, 0.6) is 0 Å². The molecule has 0 radical (unpaired) electrons. The molecule has 1 aliphatic rings. The van der Waals surface area contributed by atoms with Crippen molar-refractivity contribution in [3.8, 4) is 11.4 Å². The van der Waals surface area contributed by atoms with E-state index < -0.39 is 11.4 Å². The first kappa shape index (κ1) is 19.7. The van der Waals surface area contributed by atoms with Gasteiger partial charge in [-0.3, -0.25) is 9.69 Å². The second-order valence-corrected chi connectivity index (χ2v) is 8.50. The lowest BCUT2D eigenvalue weighted by Gasteiger charge is -2.36. The summed E-state index contributed by atoms with van der Waals surface area (Å²) in [4.78, 5) is 25.6. The maximum atomic E-state index is 14.4. The third-order valence-corrected chi connectivity index (χ3v) is 5.85. The van der Waals surface area contributed by atoms with Crippen molar-refractivity contribution in [3.05, 3.63) is 58.1 Å². The van der Waals surface area contributed by atoms with Crippen molar-refractivity contribution in [3.63, 3.8) is 0 Å². The van der Waals surface area contributed by atoms with E-state index in [-0.39, 0.29) is 16.6 Å². The molecule has 2 aromatic carbocycles. The van der Waals surface area contributed by atoms with Gasteiger partial charge in [-0.2, -0.15) is 0 Å². The Morgan fingerprint density at radius 3 is 2.68 bits per heavy atom. The van der Waals surface area contributed by atoms with Crippen LogP contribution < -0.4 is 16.6 Å². The molecule has 3 heterocycles. The third-order valence-electron chi connectivity index (χ3n) is 5.85. The first-order valence-electron chi connectivity index (χ1n) is 10.5. The van der Waals surface area contributed by atoms with Crippen LogP contribution in [0.25, 0.3) is 33.3 Å². The molecule has 7 nitrogen and oxygen atoms in total. The number of fused-ring (bicyclic) bond motifs is 2. The molecule has 1 fully saturated rings. The van der Waals surface area contributed by atoms with Crippen LogP contribution in [-0.4, -0.2) is 45.0 Å². The summed E-state index contributed by atoms with van der Waals surface area (Å²) in [5.41, 5.74) is 9.13. The van der Waals surface area contributed by atoms with Gasteiger partial charge in [-0.1, -0.05) is 12.1 Å². The SMILES string of the molecule is CC1CN(Cc2ccc3nc(-c4c(N)c5c(F)cccc5[nH]c4=O)[nH]c3c2)CC(C)N1. The van der Waals surface area contributed by atoms with E-state index in [1.807, 2.05) is 6.07 Å². The zero-order chi connectivity index (χ0) is 21.7. The summed E-state index contributed by atoms with van der Waals surface area (Å²) in [6, 6.07) is 11.4. The highest BCUT2D eigenvalue weighted by molar-refractivity contribution is 5.98. The lowest BCUT2D eigenvalue weighted by atomic mass is 10.1. The summed E-state index contributed by atoms with van der Waals surface area (Å²) in [6.07, 6.45) is 0. The van der Waals surface area contributed by atoms with Crippen molar-refractivity contribution in [2.45, 2.75) is 32.5 Å². The average molecular weight is 420 g/mol. The van der Waals surface area contributed by atoms with Gasteiger partial charge >= 0.3 is 0 Å². The molecular formula is C23H25FN6O. The molecule has 2 aromatic heterocycles. The van der Waals surface area contributed by atoms with Gasteiger partial charge in [0.2, 0.25) is 0 Å². The fourth-order valence-electron chi connectivity index (χ4n) is 4.67. The number of pyridine rings is 1. The van der Waals surface area contributed by atoms with E-state index >= 15 is 0 Å². The molecule has 8 heteroatoms. The van der Waals surface area contributed by atoms with Crippen LogP contribution >= 0.6 is 0 Å². The van der Waals surface area contributed by atoms with Crippen molar-refractivity contribution in [2.24, 2.45) is 0 Å². The second-order valence-electron chi connectivity index (χ2n) is 8.50. The number of anilines is 1. The number of imidazole rings is 1. The topological polar surface area (TPSA) is 103 Å². The highest BCUT2D eigenvalue weighted by atomic mass is 19.1. The van der Waals surface area contributed by atoms with Gasteiger partial charge in [0.1, 0.15) is 17.2 Å². The van der Waals surface area contributed by atoms with Gasteiger partial charge in [0.05, 0.1) is 27.6 Å². The summed E-state index contributed by atoms with van der Waals surface area (Å²) in [7, 11) is 0. The largest absolute Gasteiger partial charge is 0.397 e. The highest BCUT2D eigenvalue weighted by Gasteiger charge is 2.21. The van der Waals surface area contributed by atoms with Crippen molar-refractivity contribution in [2.75, 3.05) is 18.8 Å². The molecule has 1 saturated heterocycles. The molecule has 160 valence electrons. The maximum Gasteiger partial charge on any atom is 0.261 e. The second kappa shape index (κ2) is 7.47. The number of benzene rings is 2. The van der Waals surface area contributed by atoms with Crippen LogP contribution in [-0.2, 0) is 6.54 Å². The minimum atomic E-state index is -0.481. The van der Waals surface area contributed by atoms with Crippen LogP contribution in [0.4, 0.5) is 10.1 Å². The van der Waals surface area contributed by atoms with Crippen LogP contribution in [0.15, 0.2) is 41.2 Å². The van der Waals surface area contributed by atoms with E-state index in [0.717, 1.165) is 36.2 Å². The fraction of sp³-hybridized carbons (Fsp3) is 0.304. The molecule has 2 atom stereocenters. The Kier molecular flexibility index (Phi) is 4.75. The van der Waals surface area contributed by atoms with Gasteiger partial charge in [0.25, 0.3) is 5.56 Å². The number of halogens is 1. The fourth-order valence-corrected chi connectivity index (χ4v) is 4.67. The number of hydrogen-bond donors (Lipinski definition) is 4. The minimum Gasteiger partial charge on any atom is -0.397 e. The van der Waals surface area contributed by atoms with Gasteiger partial charge in [0, 0.05) is 31.7 Å². The van der Waals surface area contributed by atoms with Crippen molar-refractivity contribution < 1.29 is 4.39 Å². The first-order chi connectivity index (χ1) is 14.9. The predicted octanol–water partition coefficient (Wildman–Crippen LogP) is 2.97. The summed E-state index contributed by atoms with van der Waals surface area (Å²) in [5, 5.41) is 3.74. The van der Waals surface area contributed by atoms with Gasteiger partial charge in [-0.25, -0.2) is 9.37 Å². The quantitative estimate of drug-likeness (QED) is 0.408. The Morgan fingerprint density at radius 1 is 1.13 bits per heavy atom. The van der Waals surface area contributed by atoms with Crippen molar-refractivity contribution in [1.29, 1.82) is 0 Å². The Bertz CT molecular complexity index is 1330. The number of aromatic nitrogens is 3. The maximum absolute atomic E-state index is 14.4. The molecular weight excluding hydrogens is 395 g/mol. The van der Waals surface area contributed by atoms with Gasteiger partial charge in [-0.15, -0.1) is 0 Å². The molecule has 2 unspecified atom stereocenters. The zero-order valence-electron chi connectivity index (χ0n) is 17.5. The van der Waals surface area contributed by atoms with Crippen LogP contribution in [0.2, 0.25) is 0 Å². The number of aromatic amines is 2. The Morgan fingerprint density at radius 2 is 1.90 bits per heavy atom. The standard InChI is InChI=1S/C23H25FN6O/c1-12-9-30(10-13(2)26-12)11-14-6-7-16-18(8-14)28-22(27-16)20-21(25)19-15(24)4-3-5-17(19)29-23(20)31/h3-8,12-13,26H,9-11H2,1-2H3,(H,27,28)(H3,25,29,31). The predicted molar refractivity (Wildman–Crippen MR) is 121 cm³/mol. The van der Waals surface area contributed by atoms with E-state index in [2.05, 4.69) is 51.1 Å². The number of nitrogens with two attached hydrogens (primary N) is 1. The number of nitrogen functional groups attached to an aromatic ring is 1. The monoisotopic (exact) mass is 420 g/mol. The lowest BCUT2D eigenvalue weighted by molar-refractivity contribution is 0.166. The molecule has 0 spiro atoms. The van der Waals surface area contributed by atoms with E-state index in [1.54, 1.807) is 6.07 Å². The minimum absolute atomic E-state index is 0.0833. The van der Waals surface area contributed by atoms with Crippen LogP contribution in [0.3, 0.4) is 0 Å². The molecule has 0 saturated carbocycles. The number of nitrogens with zero attached hydrogens (tertiary/aromatic N) is 2. The van der Waals surface area contributed by atoms with E-state index in [1.165, 1.54) is 12.1 Å². The summed E-state index contributed by atoms with van der Waals surface area (Å²) >= 11 is 0. The van der Waals surface area contributed by atoms with E-state index in [0.29, 0.717) is 23.4 Å². The Labute approximate surface area is 178 Å². The van der Waals surface area contributed by atoms with Crippen molar-refractivity contribution >= 4 is 27.6 Å². The van der Waals surface area contributed by atoms with Gasteiger partial charge in [0.15, 0.2) is 0 Å². The summed E-state index contributed by atoms with van der Waals surface area (Å²) < 4.78 is 14.4. The molecule has 1 aliphatic heterocycles. The number of piperazine rings is 1. The lowest BCUT2D eigenvalue weighted by Crippen LogP contribution is -2.53. The first-order valence-corrected chi connectivity index (χ1v) is 10.5. The summed E-state index contributed by atoms with van der Waals surface area (Å²) in [5.74, 6) is -0.147. The van der Waals surface area contributed by atoms with Crippen LogP contribution in [0, 0.1) is 5.82 Å². The normalized spacial score (nSPS) is 20.0. The Hall–Kier alpha value is -3.23. The molecule has 31 heavy (non-hydrogen) atoms. The van der Waals surface area contributed by atoms with Crippen LogP contribution in [0.1, 0.15) is 19.4 Å². The van der Waals surface area contributed by atoms with Crippen molar-refractivity contribution in [1.82, 2.24) is 25.2 Å². The molecule has 4 aromatic rings. The number of nitrogens with one attached hydrogen (secondary N) is 3. The number of H-pyrrole nitrogens is 2. The van der Waals surface area contributed by atoms with E-state index in [4.69, 9.17) is 5.73 Å². The average Bonchev–Trinajstić information content (AvgIpc) is 3.09. The highest BCUT2D eigenvalue weighted by Crippen LogP contribution is 2.30.